The van der Waals surface area contributed by atoms with E-state index in [0.29, 0.717) is 32.7 Å². The summed E-state index contributed by atoms with van der Waals surface area (Å²) in [5.41, 5.74) is 2.12. The Labute approximate surface area is 176 Å². The van der Waals surface area contributed by atoms with Gasteiger partial charge in [-0.2, -0.15) is 0 Å². The molecular weight excluding hydrogens is 417 g/mol. The standard InChI is InChI=1S/C21H17Cl2NO3S/c22-17-7-4-8-18(23)19(17)20-24-15(12-28-20)11-16(25)10-14(21(26)27)9-13-5-2-1-3-6-13/h1-8,12,14H,9-11H2,(H,26,27)/t14-/m1/s1. The van der Waals surface area contributed by atoms with Crippen LogP contribution in [-0.2, 0) is 22.4 Å². The highest BCUT2D eigenvalue weighted by Crippen LogP contribution is 2.36. The summed E-state index contributed by atoms with van der Waals surface area (Å²) >= 11 is 13.8. The number of hydrogen-bond acceptors (Lipinski definition) is 4. The van der Waals surface area contributed by atoms with Crippen LogP contribution < -0.4 is 0 Å². The first kappa shape index (κ1) is 20.5. The Hall–Kier alpha value is -2.21. The smallest absolute Gasteiger partial charge is 0.307 e. The second-order valence-corrected chi connectivity index (χ2v) is 8.06. The van der Waals surface area contributed by atoms with Gasteiger partial charge in [-0.3, -0.25) is 9.59 Å². The molecule has 1 heterocycles. The van der Waals surface area contributed by atoms with E-state index in [1.165, 1.54) is 11.3 Å². The number of halogens is 2. The van der Waals surface area contributed by atoms with Crippen molar-refractivity contribution < 1.29 is 14.7 Å². The maximum atomic E-state index is 12.4. The predicted octanol–water partition coefficient (Wildman–Crippen LogP) is 5.56. The number of ketones is 1. The van der Waals surface area contributed by atoms with Crippen molar-refractivity contribution in [3.05, 3.63) is 75.2 Å². The summed E-state index contributed by atoms with van der Waals surface area (Å²) in [4.78, 5) is 28.5. The highest BCUT2D eigenvalue weighted by molar-refractivity contribution is 7.13. The van der Waals surface area contributed by atoms with Crippen molar-refractivity contribution in [2.45, 2.75) is 19.3 Å². The first-order valence-corrected chi connectivity index (χ1v) is 10.2. The van der Waals surface area contributed by atoms with Gasteiger partial charge in [-0.15, -0.1) is 11.3 Å². The summed E-state index contributed by atoms with van der Waals surface area (Å²) in [5.74, 6) is -1.89. The number of thiazole rings is 1. The molecule has 4 nitrogen and oxygen atoms in total. The van der Waals surface area contributed by atoms with Gasteiger partial charge in [0.05, 0.1) is 21.7 Å². The molecule has 1 atom stereocenters. The molecule has 144 valence electrons. The molecule has 0 aliphatic carbocycles. The zero-order valence-corrected chi connectivity index (χ0v) is 17.1. The zero-order valence-electron chi connectivity index (χ0n) is 14.8. The van der Waals surface area contributed by atoms with E-state index in [2.05, 4.69) is 4.98 Å². The number of aromatic nitrogens is 1. The minimum Gasteiger partial charge on any atom is -0.481 e. The lowest BCUT2D eigenvalue weighted by Gasteiger charge is -2.11. The van der Waals surface area contributed by atoms with Crippen molar-refractivity contribution in [2.75, 3.05) is 0 Å². The van der Waals surface area contributed by atoms with Gasteiger partial charge < -0.3 is 5.11 Å². The number of carbonyl (C=O) groups excluding carboxylic acids is 1. The summed E-state index contributed by atoms with van der Waals surface area (Å²) in [6, 6.07) is 14.5. The molecule has 0 saturated carbocycles. The minimum absolute atomic E-state index is 0.0378. The molecule has 0 radical (unpaired) electrons. The number of nitrogens with zero attached hydrogens (tertiary/aromatic N) is 1. The third-order valence-electron chi connectivity index (χ3n) is 4.25. The van der Waals surface area contributed by atoms with Crippen LogP contribution in [0.3, 0.4) is 0 Å². The van der Waals surface area contributed by atoms with Gasteiger partial charge in [0.1, 0.15) is 10.8 Å². The number of benzene rings is 2. The number of Topliss-reactive ketones (excluding diaryl/α,β-unsaturated/α-hetero) is 1. The van der Waals surface area contributed by atoms with E-state index in [4.69, 9.17) is 23.2 Å². The summed E-state index contributed by atoms with van der Waals surface area (Å²) in [6.45, 7) is 0. The lowest BCUT2D eigenvalue weighted by molar-refractivity contribution is -0.143. The SMILES string of the molecule is O=C(Cc1csc(-c2c(Cl)cccc2Cl)n1)C[C@@H](Cc1ccccc1)C(=O)O. The van der Waals surface area contributed by atoms with E-state index in [-0.39, 0.29) is 18.6 Å². The molecule has 0 fully saturated rings. The highest BCUT2D eigenvalue weighted by Gasteiger charge is 2.22. The normalized spacial score (nSPS) is 11.9. The number of aliphatic carboxylic acids is 1. The summed E-state index contributed by atoms with van der Waals surface area (Å²) < 4.78 is 0. The van der Waals surface area contributed by atoms with E-state index in [0.717, 1.165) is 5.56 Å². The van der Waals surface area contributed by atoms with Crippen LogP contribution in [0, 0.1) is 5.92 Å². The van der Waals surface area contributed by atoms with Crippen molar-refractivity contribution in [3.63, 3.8) is 0 Å². The third kappa shape index (κ3) is 5.19. The van der Waals surface area contributed by atoms with Crippen molar-refractivity contribution in [2.24, 2.45) is 5.92 Å². The van der Waals surface area contributed by atoms with Crippen LogP contribution in [0.1, 0.15) is 17.7 Å². The number of carboxylic acid groups (broad SMARTS) is 1. The zero-order chi connectivity index (χ0) is 20.1. The van der Waals surface area contributed by atoms with Gasteiger partial charge in [0.25, 0.3) is 0 Å². The Morgan fingerprint density at radius 3 is 2.36 bits per heavy atom. The Morgan fingerprint density at radius 2 is 1.71 bits per heavy atom. The first-order chi connectivity index (χ1) is 13.4. The Bertz CT molecular complexity index is 968. The molecule has 0 bridgehead atoms. The summed E-state index contributed by atoms with van der Waals surface area (Å²) in [5, 5.41) is 12.9. The molecule has 0 unspecified atom stereocenters. The van der Waals surface area contributed by atoms with Gasteiger partial charge >= 0.3 is 5.97 Å². The quantitative estimate of drug-likeness (QED) is 0.504. The molecule has 28 heavy (non-hydrogen) atoms. The number of carboxylic acids is 1. The lowest BCUT2D eigenvalue weighted by atomic mass is 9.93. The van der Waals surface area contributed by atoms with Crippen LogP contribution in [0.2, 0.25) is 10.0 Å². The lowest BCUT2D eigenvalue weighted by Crippen LogP contribution is -2.21. The molecule has 0 amide bonds. The van der Waals surface area contributed by atoms with Crippen LogP contribution in [0.25, 0.3) is 10.6 Å². The van der Waals surface area contributed by atoms with Gasteiger partial charge in [0, 0.05) is 23.8 Å². The Kier molecular flexibility index (Phi) is 6.83. The van der Waals surface area contributed by atoms with Gasteiger partial charge in [-0.1, -0.05) is 59.6 Å². The number of hydrogen-bond donors (Lipinski definition) is 1. The number of rotatable bonds is 8. The molecule has 0 saturated heterocycles. The van der Waals surface area contributed by atoms with E-state index < -0.39 is 11.9 Å². The molecule has 2 aromatic carbocycles. The van der Waals surface area contributed by atoms with Crippen LogP contribution in [0.15, 0.2) is 53.9 Å². The average molecular weight is 434 g/mol. The van der Waals surface area contributed by atoms with Crippen LogP contribution in [-0.4, -0.2) is 21.8 Å². The summed E-state index contributed by atoms with van der Waals surface area (Å²) in [6.07, 6.45) is 0.362. The van der Waals surface area contributed by atoms with E-state index in [1.54, 1.807) is 23.6 Å². The fraction of sp³-hybridized carbons (Fsp3) is 0.190. The maximum Gasteiger partial charge on any atom is 0.307 e. The largest absolute Gasteiger partial charge is 0.481 e. The fourth-order valence-corrected chi connectivity index (χ4v) is 4.48. The van der Waals surface area contributed by atoms with Crippen molar-refractivity contribution >= 4 is 46.3 Å². The van der Waals surface area contributed by atoms with Crippen molar-refractivity contribution in [1.82, 2.24) is 4.98 Å². The van der Waals surface area contributed by atoms with Crippen LogP contribution in [0.5, 0.6) is 0 Å². The minimum atomic E-state index is -0.973. The van der Waals surface area contributed by atoms with Gasteiger partial charge in [-0.05, 0) is 24.1 Å². The van der Waals surface area contributed by atoms with Gasteiger partial charge in [0.15, 0.2) is 0 Å². The molecule has 7 heteroatoms. The van der Waals surface area contributed by atoms with Crippen LogP contribution in [0.4, 0.5) is 0 Å². The average Bonchev–Trinajstić information content (AvgIpc) is 3.09. The molecule has 1 aromatic heterocycles. The Balaban J connectivity index is 1.67. The molecule has 0 aliphatic rings. The second-order valence-electron chi connectivity index (χ2n) is 6.39. The van der Waals surface area contributed by atoms with E-state index in [9.17, 15) is 14.7 Å². The van der Waals surface area contributed by atoms with Crippen molar-refractivity contribution in [1.29, 1.82) is 0 Å². The molecule has 3 rings (SSSR count). The predicted molar refractivity (Wildman–Crippen MR) is 112 cm³/mol. The topological polar surface area (TPSA) is 67.3 Å². The summed E-state index contributed by atoms with van der Waals surface area (Å²) in [7, 11) is 0. The van der Waals surface area contributed by atoms with Crippen molar-refractivity contribution in [3.8, 4) is 10.6 Å². The number of carbonyl (C=O) groups is 2. The fourth-order valence-electron chi connectivity index (χ4n) is 2.90. The second kappa shape index (κ2) is 9.32. The monoisotopic (exact) mass is 433 g/mol. The third-order valence-corrected chi connectivity index (χ3v) is 5.79. The molecule has 0 spiro atoms. The molecule has 1 N–H and O–H groups in total. The highest BCUT2D eigenvalue weighted by atomic mass is 35.5. The van der Waals surface area contributed by atoms with Crippen LogP contribution >= 0.6 is 34.5 Å². The van der Waals surface area contributed by atoms with Gasteiger partial charge in [0.2, 0.25) is 0 Å². The Morgan fingerprint density at radius 1 is 1.04 bits per heavy atom. The first-order valence-electron chi connectivity index (χ1n) is 8.61. The van der Waals surface area contributed by atoms with Gasteiger partial charge in [-0.25, -0.2) is 4.98 Å². The van der Waals surface area contributed by atoms with E-state index >= 15 is 0 Å². The maximum absolute atomic E-state index is 12.4. The molecule has 0 aliphatic heterocycles. The van der Waals surface area contributed by atoms with E-state index in [1.807, 2.05) is 30.3 Å². The molecular formula is C21H17Cl2NO3S. The molecule has 3 aromatic rings.